The molecule has 3 rings (SSSR count). The fourth-order valence-electron chi connectivity index (χ4n) is 2.68. The number of para-hydroxylation sites is 2. The van der Waals surface area contributed by atoms with Gasteiger partial charge in [-0.05, 0) is 50.6 Å². The number of aryl methyl sites for hydroxylation is 1. The Balaban J connectivity index is 1.63. The van der Waals surface area contributed by atoms with Crippen molar-refractivity contribution in [1.29, 1.82) is 0 Å². The summed E-state index contributed by atoms with van der Waals surface area (Å²) in [7, 11) is 0. The molecule has 0 saturated heterocycles. The van der Waals surface area contributed by atoms with Gasteiger partial charge in [-0.3, -0.25) is 4.79 Å². The van der Waals surface area contributed by atoms with Crippen LogP contribution in [0.2, 0.25) is 0 Å². The maximum atomic E-state index is 12.3. The maximum absolute atomic E-state index is 12.3. The monoisotopic (exact) mass is 376 g/mol. The third-order valence-electron chi connectivity index (χ3n) is 3.95. The lowest BCUT2D eigenvalue weighted by molar-refractivity contribution is 0.0945. The smallest absolute Gasteiger partial charge is 0.272 e. The van der Waals surface area contributed by atoms with Gasteiger partial charge in [-0.2, -0.15) is 0 Å². The fourth-order valence-corrected chi connectivity index (χ4v) is 2.68. The Hall–Kier alpha value is -3.41. The van der Waals surface area contributed by atoms with Crippen LogP contribution in [0.25, 0.3) is 0 Å². The Bertz CT molecular complexity index is 939. The van der Waals surface area contributed by atoms with Crippen LogP contribution in [-0.2, 0) is 6.54 Å². The summed E-state index contributed by atoms with van der Waals surface area (Å²) < 4.78 is 5.79. The number of rotatable bonds is 7. The van der Waals surface area contributed by atoms with E-state index in [1.807, 2.05) is 69.3 Å². The highest BCUT2D eigenvalue weighted by Gasteiger charge is 2.10. The Labute approximate surface area is 165 Å². The molecule has 0 aliphatic rings. The van der Waals surface area contributed by atoms with Gasteiger partial charge in [0, 0.05) is 6.54 Å². The normalized spacial score (nSPS) is 10.6. The number of amides is 1. The Kier molecular flexibility index (Phi) is 6.22. The van der Waals surface area contributed by atoms with E-state index >= 15 is 0 Å². The van der Waals surface area contributed by atoms with Crippen molar-refractivity contribution in [3.05, 3.63) is 77.5 Å². The molecule has 6 nitrogen and oxygen atoms in total. The number of nitrogens with one attached hydrogen (secondary N) is 2. The van der Waals surface area contributed by atoms with Gasteiger partial charge in [-0.25, -0.2) is 0 Å². The van der Waals surface area contributed by atoms with E-state index < -0.39 is 0 Å². The lowest BCUT2D eigenvalue weighted by Gasteiger charge is -2.14. The van der Waals surface area contributed by atoms with Crippen molar-refractivity contribution in [2.75, 3.05) is 5.32 Å². The predicted octanol–water partition coefficient (Wildman–Crippen LogP) is 4.25. The van der Waals surface area contributed by atoms with E-state index in [1.165, 1.54) is 0 Å². The summed E-state index contributed by atoms with van der Waals surface area (Å²) in [6, 6.07) is 19.0. The molecule has 0 fully saturated rings. The summed E-state index contributed by atoms with van der Waals surface area (Å²) in [4.78, 5) is 12.3. The average Bonchev–Trinajstić information content (AvgIpc) is 2.68. The van der Waals surface area contributed by atoms with Gasteiger partial charge in [0.1, 0.15) is 5.75 Å². The molecule has 0 saturated carbocycles. The molecule has 2 N–H and O–H groups in total. The number of ether oxygens (including phenoxy) is 1. The molecular weight excluding hydrogens is 352 g/mol. The number of benzene rings is 2. The Morgan fingerprint density at radius 3 is 2.57 bits per heavy atom. The first kappa shape index (κ1) is 19.4. The minimum Gasteiger partial charge on any atom is -0.489 e. The van der Waals surface area contributed by atoms with Crippen LogP contribution in [0.1, 0.15) is 35.5 Å². The number of aromatic nitrogens is 2. The summed E-state index contributed by atoms with van der Waals surface area (Å²) in [5, 5.41) is 14.2. The number of carbonyl (C=O) groups excluding carboxylic acids is 1. The van der Waals surface area contributed by atoms with E-state index in [-0.39, 0.29) is 17.7 Å². The number of hydrogen-bond donors (Lipinski definition) is 2. The van der Waals surface area contributed by atoms with Crippen molar-refractivity contribution in [3.8, 4) is 5.75 Å². The standard InChI is InChI=1S/C22H24N4O2/c1-15(2)28-20-10-5-4-9-18(20)24-21-12-11-19(25-26-21)22(27)23-14-17-8-6-7-16(3)13-17/h4-13,15H,14H2,1-3H3,(H,23,27)(H,24,26). The Morgan fingerprint density at radius 1 is 1.04 bits per heavy atom. The van der Waals surface area contributed by atoms with Gasteiger partial charge >= 0.3 is 0 Å². The van der Waals surface area contributed by atoms with Crippen LogP contribution in [0, 0.1) is 6.92 Å². The lowest BCUT2D eigenvalue weighted by Crippen LogP contribution is -2.24. The van der Waals surface area contributed by atoms with E-state index in [2.05, 4.69) is 20.8 Å². The van der Waals surface area contributed by atoms with E-state index in [4.69, 9.17) is 4.74 Å². The summed E-state index contributed by atoms with van der Waals surface area (Å²) in [5.41, 5.74) is 3.26. The molecule has 0 aliphatic carbocycles. The van der Waals surface area contributed by atoms with E-state index in [0.29, 0.717) is 12.4 Å². The zero-order chi connectivity index (χ0) is 19.9. The van der Waals surface area contributed by atoms with Gasteiger partial charge < -0.3 is 15.4 Å². The summed E-state index contributed by atoms with van der Waals surface area (Å²) in [6.07, 6.45) is 0.0634. The quantitative estimate of drug-likeness (QED) is 0.645. The van der Waals surface area contributed by atoms with Gasteiger partial charge in [-0.1, -0.05) is 42.0 Å². The van der Waals surface area contributed by atoms with Gasteiger partial charge in [0.25, 0.3) is 5.91 Å². The summed E-state index contributed by atoms with van der Waals surface area (Å²) in [6.45, 7) is 6.41. The Morgan fingerprint density at radius 2 is 1.86 bits per heavy atom. The zero-order valence-corrected chi connectivity index (χ0v) is 16.3. The number of hydrogen-bond acceptors (Lipinski definition) is 5. The average molecular weight is 376 g/mol. The molecule has 2 aromatic carbocycles. The van der Waals surface area contributed by atoms with Crippen LogP contribution in [0.5, 0.6) is 5.75 Å². The first-order chi connectivity index (χ1) is 13.5. The molecule has 0 atom stereocenters. The topological polar surface area (TPSA) is 76.1 Å². The van der Waals surface area contributed by atoms with E-state index in [0.717, 1.165) is 22.6 Å². The van der Waals surface area contributed by atoms with Crippen molar-refractivity contribution in [2.24, 2.45) is 0 Å². The molecule has 0 aliphatic heterocycles. The van der Waals surface area contributed by atoms with Crippen molar-refractivity contribution in [2.45, 2.75) is 33.4 Å². The van der Waals surface area contributed by atoms with Crippen molar-refractivity contribution in [3.63, 3.8) is 0 Å². The first-order valence-corrected chi connectivity index (χ1v) is 9.21. The molecule has 28 heavy (non-hydrogen) atoms. The molecule has 1 amide bonds. The van der Waals surface area contributed by atoms with E-state index in [9.17, 15) is 4.79 Å². The SMILES string of the molecule is Cc1cccc(CNC(=O)c2ccc(Nc3ccccc3OC(C)C)nn2)c1. The second kappa shape index (κ2) is 8.99. The molecule has 144 valence electrons. The van der Waals surface area contributed by atoms with Gasteiger partial charge in [-0.15, -0.1) is 10.2 Å². The molecule has 3 aromatic rings. The zero-order valence-electron chi connectivity index (χ0n) is 16.3. The van der Waals surface area contributed by atoms with Gasteiger partial charge in [0.2, 0.25) is 0 Å². The third kappa shape index (κ3) is 5.30. The van der Waals surface area contributed by atoms with Crippen LogP contribution in [-0.4, -0.2) is 22.2 Å². The number of nitrogens with zero attached hydrogens (tertiary/aromatic N) is 2. The lowest BCUT2D eigenvalue weighted by atomic mass is 10.1. The van der Waals surface area contributed by atoms with Crippen molar-refractivity contribution in [1.82, 2.24) is 15.5 Å². The van der Waals surface area contributed by atoms with Crippen LogP contribution in [0.3, 0.4) is 0 Å². The summed E-state index contributed by atoms with van der Waals surface area (Å²) >= 11 is 0. The van der Waals surface area contributed by atoms with Crippen molar-refractivity contribution >= 4 is 17.4 Å². The maximum Gasteiger partial charge on any atom is 0.272 e. The highest BCUT2D eigenvalue weighted by atomic mass is 16.5. The van der Waals surface area contributed by atoms with Crippen LogP contribution < -0.4 is 15.4 Å². The minimum atomic E-state index is -0.260. The molecule has 1 heterocycles. The predicted molar refractivity (Wildman–Crippen MR) is 110 cm³/mol. The summed E-state index contributed by atoms with van der Waals surface area (Å²) in [5.74, 6) is 1.01. The minimum absolute atomic E-state index is 0.0634. The molecule has 6 heteroatoms. The molecule has 1 aromatic heterocycles. The van der Waals surface area contributed by atoms with Crippen LogP contribution in [0.4, 0.5) is 11.5 Å². The molecule has 0 unspecified atom stereocenters. The number of carbonyl (C=O) groups is 1. The first-order valence-electron chi connectivity index (χ1n) is 9.21. The van der Waals surface area contributed by atoms with Gasteiger partial charge in [0.15, 0.2) is 11.5 Å². The van der Waals surface area contributed by atoms with Crippen molar-refractivity contribution < 1.29 is 9.53 Å². The highest BCUT2D eigenvalue weighted by molar-refractivity contribution is 5.92. The van der Waals surface area contributed by atoms with Crippen LogP contribution in [0.15, 0.2) is 60.7 Å². The molecule has 0 spiro atoms. The third-order valence-corrected chi connectivity index (χ3v) is 3.95. The highest BCUT2D eigenvalue weighted by Crippen LogP contribution is 2.27. The van der Waals surface area contributed by atoms with Gasteiger partial charge in [0.05, 0.1) is 11.8 Å². The molecule has 0 bridgehead atoms. The second-order valence-electron chi connectivity index (χ2n) is 6.76. The molecular formula is C22H24N4O2. The molecule has 0 radical (unpaired) electrons. The number of anilines is 2. The fraction of sp³-hybridized carbons (Fsp3) is 0.227. The largest absolute Gasteiger partial charge is 0.489 e. The van der Waals surface area contributed by atoms with Crippen LogP contribution >= 0.6 is 0 Å². The van der Waals surface area contributed by atoms with E-state index in [1.54, 1.807) is 12.1 Å². The second-order valence-corrected chi connectivity index (χ2v) is 6.76.